The molecule has 1 aromatic rings. The second kappa shape index (κ2) is 7.54. The second-order valence-corrected chi connectivity index (χ2v) is 3.72. The summed E-state index contributed by atoms with van der Waals surface area (Å²) in [6.45, 7) is 2.25. The van der Waals surface area contributed by atoms with Crippen LogP contribution in [0.15, 0.2) is 10.9 Å². The van der Waals surface area contributed by atoms with Crippen LogP contribution in [0.4, 0.5) is 0 Å². The first-order valence-corrected chi connectivity index (χ1v) is 5.68. The second-order valence-electron chi connectivity index (χ2n) is 3.72. The third kappa shape index (κ3) is 5.00. The summed E-state index contributed by atoms with van der Waals surface area (Å²) in [6.07, 6.45) is 11.6. The molecule has 0 bridgehead atoms. The molecule has 0 aliphatic heterocycles. The van der Waals surface area contributed by atoms with Crippen LogP contribution >= 0.6 is 0 Å². The van der Waals surface area contributed by atoms with Gasteiger partial charge in [-0.3, -0.25) is 0 Å². The molecule has 0 saturated carbocycles. The average molecular weight is 196 g/mol. The molecule has 0 radical (unpaired) electrons. The first-order valence-electron chi connectivity index (χ1n) is 5.68. The quantitative estimate of drug-likeness (QED) is 0.598. The first-order chi connectivity index (χ1) is 6.93. The largest absolute Gasteiger partial charge is 0.343 e. The topological polar surface area (TPSA) is 38.9 Å². The molecule has 0 aliphatic carbocycles. The Balaban J connectivity index is 1.85. The van der Waals surface area contributed by atoms with Gasteiger partial charge in [0.15, 0.2) is 5.82 Å². The van der Waals surface area contributed by atoms with Gasteiger partial charge in [0.1, 0.15) is 0 Å². The van der Waals surface area contributed by atoms with Crippen LogP contribution in [0.2, 0.25) is 0 Å². The Morgan fingerprint density at radius 2 is 1.79 bits per heavy atom. The van der Waals surface area contributed by atoms with E-state index in [9.17, 15) is 0 Å². The fourth-order valence-electron chi connectivity index (χ4n) is 1.54. The third-order valence-electron chi connectivity index (χ3n) is 2.41. The summed E-state index contributed by atoms with van der Waals surface area (Å²) in [5.41, 5.74) is 0. The van der Waals surface area contributed by atoms with E-state index in [-0.39, 0.29) is 0 Å². The summed E-state index contributed by atoms with van der Waals surface area (Å²) in [5, 5.41) is 3.78. The van der Waals surface area contributed by atoms with Crippen LogP contribution < -0.4 is 0 Å². The number of rotatable bonds is 8. The molecule has 0 unspecified atom stereocenters. The van der Waals surface area contributed by atoms with E-state index in [4.69, 9.17) is 0 Å². The van der Waals surface area contributed by atoms with Gasteiger partial charge in [-0.05, 0) is 6.42 Å². The maximum atomic E-state index is 4.66. The van der Waals surface area contributed by atoms with Crippen molar-refractivity contribution in [3.8, 4) is 0 Å². The molecule has 14 heavy (non-hydrogen) atoms. The van der Waals surface area contributed by atoms with E-state index in [0.717, 1.165) is 12.2 Å². The normalized spacial score (nSPS) is 10.6. The van der Waals surface area contributed by atoms with Gasteiger partial charge in [0.25, 0.3) is 0 Å². The maximum Gasteiger partial charge on any atom is 0.213 e. The number of hydrogen-bond donors (Lipinski definition) is 0. The van der Waals surface area contributed by atoms with Crippen LogP contribution in [0, 0.1) is 0 Å². The smallest absolute Gasteiger partial charge is 0.213 e. The van der Waals surface area contributed by atoms with Crippen molar-refractivity contribution in [3.05, 3.63) is 12.2 Å². The van der Waals surface area contributed by atoms with Crippen molar-refractivity contribution in [2.24, 2.45) is 0 Å². The molecule has 0 amide bonds. The Labute approximate surface area is 85.9 Å². The lowest BCUT2D eigenvalue weighted by atomic mass is 10.1. The van der Waals surface area contributed by atoms with Crippen molar-refractivity contribution < 1.29 is 4.52 Å². The highest BCUT2D eigenvalue weighted by atomic mass is 16.5. The zero-order valence-corrected chi connectivity index (χ0v) is 9.04. The number of aromatic nitrogens is 2. The predicted molar refractivity (Wildman–Crippen MR) is 56.0 cm³/mol. The molecule has 1 rings (SSSR count). The van der Waals surface area contributed by atoms with Gasteiger partial charge in [-0.15, -0.1) is 0 Å². The highest BCUT2D eigenvalue weighted by Gasteiger charge is 1.97. The average Bonchev–Trinajstić information content (AvgIpc) is 2.69. The summed E-state index contributed by atoms with van der Waals surface area (Å²) in [5.74, 6) is 0.846. The fourth-order valence-corrected chi connectivity index (χ4v) is 1.54. The summed E-state index contributed by atoms with van der Waals surface area (Å²) < 4.78 is 4.66. The summed E-state index contributed by atoms with van der Waals surface area (Å²) in [6, 6.07) is 0. The van der Waals surface area contributed by atoms with E-state index in [1.54, 1.807) is 0 Å². The lowest BCUT2D eigenvalue weighted by molar-refractivity contribution is 0.408. The summed E-state index contributed by atoms with van der Waals surface area (Å²) in [7, 11) is 0. The molecule has 0 atom stereocenters. The van der Waals surface area contributed by atoms with E-state index < -0.39 is 0 Å². The van der Waals surface area contributed by atoms with Gasteiger partial charge in [-0.1, -0.05) is 50.6 Å². The Morgan fingerprint density at radius 1 is 1.07 bits per heavy atom. The van der Waals surface area contributed by atoms with Crippen LogP contribution in [0.5, 0.6) is 0 Å². The maximum absolute atomic E-state index is 4.66. The van der Waals surface area contributed by atoms with Crippen LogP contribution in [0.25, 0.3) is 0 Å². The van der Waals surface area contributed by atoms with Crippen molar-refractivity contribution in [1.82, 2.24) is 10.1 Å². The molecule has 0 N–H and O–H groups in total. The van der Waals surface area contributed by atoms with Gasteiger partial charge in [0.2, 0.25) is 6.39 Å². The lowest BCUT2D eigenvalue weighted by Gasteiger charge is -1.98. The highest BCUT2D eigenvalue weighted by molar-refractivity contribution is 4.76. The Morgan fingerprint density at radius 3 is 2.43 bits per heavy atom. The van der Waals surface area contributed by atoms with Gasteiger partial charge in [-0.2, -0.15) is 4.98 Å². The van der Waals surface area contributed by atoms with Crippen molar-refractivity contribution in [2.45, 2.75) is 58.3 Å². The van der Waals surface area contributed by atoms with Crippen molar-refractivity contribution in [1.29, 1.82) is 0 Å². The zero-order valence-electron chi connectivity index (χ0n) is 9.04. The molecule has 0 spiro atoms. The third-order valence-corrected chi connectivity index (χ3v) is 2.41. The van der Waals surface area contributed by atoms with E-state index in [2.05, 4.69) is 21.6 Å². The molecule has 3 nitrogen and oxygen atoms in total. The van der Waals surface area contributed by atoms with E-state index in [0.29, 0.717) is 0 Å². The molecule has 0 aliphatic rings. The number of hydrogen-bond acceptors (Lipinski definition) is 3. The monoisotopic (exact) mass is 196 g/mol. The van der Waals surface area contributed by atoms with Crippen molar-refractivity contribution in [3.63, 3.8) is 0 Å². The Bertz CT molecular complexity index is 209. The van der Waals surface area contributed by atoms with Crippen molar-refractivity contribution >= 4 is 0 Å². The van der Waals surface area contributed by atoms with Crippen LogP contribution in [0.3, 0.4) is 0 Å². The van der Waals surface area contributed by atoms with E-state index in [1.165, 1.54) is 51.3 Å². The molecule has 80 valence electrons. The number of nitrogens with zero attached hydrogens (tertiary/aromatic N) is 2. The molecule has 0 saturated heterocycles. The molecular weight excluding hydrogens is 176 g/mol. The molecule has 0 fully saturated rings. The van der Waals surface area contributed by atoms with Crippen LogP contribution in [-0.4, -0.2) is 10.1 Å². The molecule has 1 heterocycles. The van der Waals surface area contributed by atoms with Gasteiger partial charge < -0.3 is 4.52 Å². The zero-order chi connectivity index (χ0) is 10.1. The summed E-state index contributed by atoms with van der Waals surface area (Å²) in [4.78, 5) is 3.99. The van der Waals surface area contributed by atoms with Crippen LogP contribution in [-0.2, 0) is 6.42 Å². The SMILES string of the molecule is CCCCCCCCCc1ncon1. The Kier molecular flexibility index (Phi) is 6.04. The van der Waals surface area contributed by atoms with Crippen molar-refractivity contribution in [2.75, 3.05) is 0 Å². The number of aryl methyl sites for hydroxylation is 1. The van der Waals surface area contributed by atoms with E-state index in [1.807, 2.05) is 0 Å². The fraction of sp³-hybridized carbons (Fsp3) is 0.818. The molecule has 3 heteroatoms. The van der Waals surface area contributed by atoms with Gasteiger partial charge >= 0.3 is 0 Å². The minimum atomic E-state index is 0.846. The predicted octanol–water partition coefficient (Wildman–Crippen LogP) is 3.36. The van der Waals surface area contributed by atoms with Gasteiger partial charge in [-0.25, -0.2) is 0 Å². The lowest BCUT2D eigenvalue weighted by Crippen LogP contribution is -1.88. The standard InChI is InChI=1S/C11H20N2O/c1-2-3-4-5-6-7-8-9-11-12-10-14-13-11/h10H,2-9H2,1H3. The van der Waals surface area contributed by atoms with Crippen LogP contribution in [0.1, 0.15) is 57.7 Å². The summed E-state index contributed by atoms with van der Waals surface area (Å²) >= 11 is 0. The molecular formula is C11H20N2O. The number of unbranched alkanes of at least 4 members (excludes halogenated alkanes) is 6. The molecule has 0 aromatic carbocycles. The highest BCUT2D eigenvalue weighted by Crippen LogP contribution is 2.08. The van der Waals surface area contributed by atoms with Gasteiger partial charge in [0.05, 0.1) is 0 Å². The van der Waals surface area contributed by atoms with E-state index >= 15 is 0 Å². The molecule has 1 aromatic heterocycles. The Hall–Kier alpha value is -0.860. The minimum Gasteiger partial charge on any atom is -0.343 e. The van der Waals surface area contributed by atoms with Gasteiger partial charge in [0, 0.05) is 6.42 Å². The first kappa shape index (κ1) is 11.2. The minimum absolute atomic E-state index is 0.846.